The average molecular weight is 1560 g/mol. The molecule has 0 N–H and O–H groups in total. The third-order valence-electron chi connectivity index (χ3n) is 25.2. The molecule has 13 aromatic heterocycles. The lowest BCUT2D eigenvalue weighted by Crippen LogP contribution is -1.97. The van der Waals surface area contributed by atoms with Crippen LogP contribution in [-0.4, -0.2) is 82.6 Å². The largest absolute Gasteiger partial charge is 0.439 e. The van der Waals surface area contributed by atoms with Gasteiger partial charge in [0.05, 0.1) is 52.5 Å². The van der Waals surface area contributed by atoms with Gasteiger partial charge in [0.25, 0.3) is 0 Å². The number of imidazole rings is 4. The average Bonchev–Trinajstić information content (AvgIpc) is 1.64. The molecule has 0 aliphatic rings. The fourth-order valence-electron chi connectivity index (χ4n) is 14.8. The molecule has 0 saturated heterocycles. The Hall–Kier alpha value is -9.92. The van der Waals surface area contributed by atoms with Crippen LogP contribution in [0, 0.1) is 249 Å². The molecule has 16 rings (SSSR count). The number of benzene rings is 3. The van der Waals surface area contributed by atoms with Crippen LogP contribution in [0.5, 0.6) is 0 Å². The summed E-state index contributed by atoms with van der Waals surface area (Å²) in [5.74, 6) is 4.87. The van der Waals surface area contributed by atoms with Crippen molar-refractivity contribution >= 4 is 110 Å². The second-order valence-electron chi connectivity index (χ2n) is 31.5. The Bertz CT molecular complexity index is 6180. The molecule has 0 amide bonds. The number of oxazole rings is 1. The van der Waals surface area contributed by atoms with Gasteiger partial charge < -0.3 is 27.3 Å². The highest BCUT2D eigenvalue weighted by molar-refractivity contribution is 7.19. The molecule has 16 aromatic rings. The van der Waals surface area contributed by atoms with E-state index in [1.807, 2.05) is 81.0 Å². The summed E-state index contributed by atoms with van der Waals surface area (Å²) < 4.78 is 18.8. The van der Waals surface area contributed by atoms with Crippen molar-refractivity contribution in [2.24, 2.45) is 35.2 Å². The van der Waals surface area contributed by atoms with E-state index in [1.165, 1.54) is 159 Å². The molecule has 0 spiro atoms. The molecule has 598 valence electrons. The summed E-state index contributed by atoms with van der Waals surface area (Å²) in [7, 11) is 10.3. The van der Waals surface area contributed by atoms with Gasteiger partial charge in [0.15, 0.2) is 34.1 Å². The molecular formula is C93H123N17OS2. The third-order valence-corrected chi connectivity index (χ3v) is 27.4. The van der Waals surface area contributed by atoms with Crippen molar-refractivity contribution in [2.45, 2.75) is 249 Å². The molecule has 13 heterocycles. The zero-order valence-corrected chi connectivity index (χ0v) is 77.5. The second kappa shape index (κ2) is 33.6. The van der Waals surface area contributed by atoms with E-state index in [4.69, 9.17) is 4.42 Å². The fraction of sp³-hybridized carbons (Fsp3) is 0.441. The molecule has 0 saturated carbocycles. The molecule has 0 unspecified atom stereocenters. The Morgan fingerprint density at radius 2 is 0.566 bits per heavy atom. The predicted molar refractivity (Wildman–Crippen MR) is 479 cm³/mol. The van der Waals surface area contributed by atoms with Gasteiger partial charge >= 0.3 is 0 Å². The number of thiazole rings is 2. The molecular weight excluding hydrogens is 1440 g/mol. The number of hydrogen-bond donors (Lipinski definition) is 0. The van der Waals surface area contributed by atoms with E-state index in [-0.39, 0.29) is 0 Å². The molecule has 3 aromatic carbocycles. The smallest absolute Gasteiger partial charge is 0.199 e. The van der Waals surface area contributed by atoms with Gasteiger partial charge in [-0.25, -0.2) is 54.8 Å². The van der Waals surface area contributed by atoms with Crippen LogP contribution in [0.25, 0.3) is 87.2 Å². The first kappa shape index (κ1) is 87.1. The zero-order valence-electron chi connectivity index (χ0n) is 75.8. The van der Waals surface area contributed by atoms with Crippen molar-refractivity contribution in [2.75, 3.05) is 0 Å². The first-order chi connectivity index (χ1) is 52.6. The van der Waals surface area contributed by atoms with Crippen LogP contribution in [0.3, 0.4) is 0 Å². The standard InChI is InChI=1S/3C13H18N2.C12H15NS.2C11H15N3.C10H12N2O.C10H12N2S/c1-7-8(2)12-9(3)11(5)15(6)13(12)14-10(7)4;2*1-7-8(2)10(4)13-12(9(7)3)14-11(5)15(13)6;1-6-7(2)9(4)12-11(8(6)3)13-10(5)14-12;1-6-7(2)10-11(12-8(6)3)13-9(4)14(10)5;1-6-7(2)10-11(12-8(6)3)14(5)9(4)13-10;2*1-5-6(2)9-10(11-7(5)3)12-8(4)13-9/h3*1-6H3;3*1-5H3;2*1-4H3. The molecule has 20 heteroatoms. The topological polar surface area (TPSA) is 192 Å². The van der Waals surface area contributed by atoms with Gasteiger partial charge in [-0.1, -0.05) is 0 Å². The lowest BCUT2D eigenvalue weighted by molar-refractivity contribution is 0.558. The second-order valence-corrected chi connectivity index (χ2v) is 33.9. The van der Waals surface area contributed by atoms with Crippen LogP contribution in [0.4, 0.5) is 0 Å². The Labute approximate surface area is 678 Å². The summed E-state index contributed by atoms with van der Waals surface area (Å²) in [6, 6.07) is 0. The van der Waals surface area contributed by atoms with E-state index < -0.39 is 0 Å². The van der Waals surface area contributed by atoms with Crippen molar-refractivity contribution < 1.29 is 4.42 Å². The first-order valence-corrected chi connectivity index (χ1v) is 40.7. The minimum Gasteiger partial charge on any atom is -0.439 e. The van der Waals surface area contributed by atoms with Crippen LogP contribution in [0.1, 0.15) is 201 Å². The molecule has 0 aliphatic heterocycles. The highest BCUT2D eigenvalue weighted by Gasteiger charge is 2.21. The molecule has 0 bridgehead atoms. The number of pyridine rings is 5. The van der Waals surface area contributed by atoms with Crippen LogP contribution >= 0.6 is 22.7 Å². The highest BCUT2D eigenvalue weighted by Crippen LogP contribution is 2.36. The monoisotopic (exact) mass is 1560 g/mol. The Kier molecular flexibility index (Phi) is 25.9. The SMILES string of the molecule is Cc1c(C)c(C)c2c(nc(C)n2C)c1C.Cc1c(C)c(C)c2c(nc(C)n2C)c1C.Cc1nc2c(C)c(C)c(C)c(C)c2s1.Cc1nc2c(c(C)c1C)c(C)c(C)n2C.Cc1nc2c(nc(C)n2C)c(C)c1C.Cc1nc2nc(C)c(C)c(C)c2o1.Cc1nc2nc(C)c(C)c(C)c2s1.Cc1nc2nc(C)n(C)c2c(C)c1C. The minimum absolute atomic E-state index is 0.676. The third kappa shape index (κ3) is 16.3. The number of hydrogen-bond acceptors (Lipinski definition) is 15. The lowest BCUT2D eigenvalue weighted by Gasteiger charge is -2.11. The summed E-state index contributed by atoms with van der Waals surface area (Å²) in [6.45, 7) is 75.9. The van der Waals surface area contributed by atoms with E-state index in [0.717, 1.165) is 123 Å². The number of fused-ring (bicyclic) bond motifs is 8. The Balaban J connectivity index is 0.000000148. The molecule has 0 fully saturated rings. The van der Waals surface area contributed by atoms with Gasteiger partial charge in [0.1, 0.15) is 34.5 Å². The molecule has 0 aliphatic carbocycles. The summed E-state index contributed by atoms with van der Waals surface area (Å²) in [5, 5.41) is 3.59. The summed E-state index contributed by atoms with van der Waals surface area (Å²) in [4.78, 5) is 53.9. The van der Waals surface area contributed by atoms with Crippen LogP contribution in [-0.2, 0) is 35.2 Å². The molecule has 0 radical (unpaired) electrons. The number of rotatable bonds is 0. The van der Waals surface area contributed by atoms with Gasteiger partial charge in [-0.3, -0.25) is 0 Å². The van der Waals surface area contributed by atoms with Crippen LogP contribution in [0.2, 0.25) is 0 Å². The van der Waals surface area contributed by atoms with Gasteiger partial charge in [0, 0.05) is 87.3 Å². The van der Waals surface area contributed by atoms with Gasteiger partial charge in [-0.15, -0.1) is 22.7 Å². The van der Waals surface area contributed by atoms with E-state index >= 15 is 0 Å². The zero-order chi connectivity index (χ0) is 84.5. The quantitative estimate of drug-likeness (QED) is 0.139. The van der Waals surface area contributed by atoms with Crippen molar-refractivity contribution in [3.63, 3.8) is 0 Å². The highest BCUT2D eigenvalue weighted by atomic mass is 32.1. The minimum atomic E-state index is 0.676. The molecule has 113 heavy (non-hydrogen) atoms. The Morgan fingerprint density at radius 1 is 0.221 bits per heavy atom. The van der Waals surface area contributed by atoms with Crippen LogP contribution in [0.15, 0.2) is 4.42 Å². The summed E-state index contributed by atoms with van der Waals surface area (Å²) >= 11 is 3.53. The van der Waals surface area contributed by atoms with Crippen molar-refractivity contribution in [1.29, 1.82) is 0 Å². The number of aromatic nitrogens is 17. The lowest BCUT2D eigenvalue weighted by atomic mass is 9.97. The summed E-state index contributed by atoms with van der Waals surface area (Å²) in [5.41, 5.74) is 50.9. The van der Waals surface area contributed by atoms with E-state index in [9.17, 15) is 0 Å². The van der Waals surface area contributed by atoms with Gasteiger partial charge in [-0.05, 0) is 365 Å². The Morgan fingerprint density at radius 3 is 1.09 bits per heavy atom. The maximum atomic E-state index is 5.46. The molecule has 0 atom stereocenters. The van der Waals surface area contributed by atoms with E-state index in [2.05, 4.69) is 286 Å². The molecule has 18 nitrogen and oxygen atoms in total. The van der Waals surface area contributed by atoms with Crippen LogP contribution < -0.4 is 0 Å². The summed E-state index contributed by atoms with van der Waals surface area (Å²) in [6.07, 6.45) is 0. The fourth-order valence-corrected chi connectivity index (χ4v) is 16.7. The van der Waals surface area contributed by atoms with Crippen molar-refractivity contribution in [3.8, 4) is 0 Å². The van der Waals surface area contributed by atoms with Crippen molar-refractivity contribution in [1.82, 2.24) is 82.6 Å². The normalized spacial score (nSPS) is 11.2. The number of nitrogens with zero attached hydrogens (tertiary/aromatic N) is 17. The predicted octanol–water partition coefficient (Wildman–Crippen LogP) is 23.0. The van der Waals surface area contributed by atoms with E-state index in [0.29, 0.717) is 5.89 Å². The first-order valence-electron chi connectivity index (χ1n) is 39.1. The van der Waals surface area contributed by atoms with Crippen molar-refractivity contribution in [3.05, 3.63) is 201 Å². The number of aryl methyl sites for hydroxylation is 29. The van der Waals surface area contributed by atoms with Gasteiger partial charge in [0.2, 0.25) is 0 Å². The maximum absolute atomic E-state index is 5.46. The van der Waals surface area contributed by atoms with Gasteiger partial charge in [-0.2, -0.15) is 4.98 Å². The van der Waals surface area contributed by atoms with E-state index in [1.54, 1.807) is 22.7 Å². The maximum Gasteiger partial charge on any atom is 0.199 e.